The van der Waals surface area contributed by atoms with Crippen molar-refractivity contribution in [3.05, 3.63) is 11.9 Å². The molecule has 1 aromatic rings. The Morgan fingerprint density at radius 1 is 1.37 bits per heavy atom. The molecular weight excluding hydrogens is 248 g/mol. The molecule has 0 saturated heterocycles. The van der Waals surface area contributed by atoms with Crippen molar-refractivity contribution in [2.75, 3.05) is 34.0 Å². The summed E-state index contributed by atoms with van der Waals surface area (Å²) in [6, 6.07) is -0.0556. The first-order chi connectivity index (χ1) is 9.28. The van der Waals surface area contributed by atoms with E-state index < -0.39 is 0 Å². The van der Waals surface area contributed by atoms with Crippen LogP contribution in [0.25, 0.3) is 0 Å². The van der Waals surface area contributed by atoms with Crippen molar-refractivity contribution in [2.24, 2.45) is 5.84 Å². The fourth-order valence-electron chi connectivity index (χ4n) is 1.88. The van der Waals surface area contributed by atoms with Crippen LogP contribution in [0.4, 0.5) is 0 Å². The molecular formula is C12H24N4O3. The quantitative estimate of drug-likeness (QED) is 0.366. The number of aromatic nitrogens is 2. The molecule has 0 amide bonds. The highest BCUT2D eigenvalue weighted by molar-refractivity contribution is 5.28. The Morgan fingerprint density at radius 2 is 2.16 bits per heavy atom. The smallest absolute Gasteiger partial charge is 0.161 e. The first kappa shape index (κ1) is 15.9. The molecule has 0 aliphatic heterocycles. The molecule has 0 aromatic carbocycles. The van der Waals surface area contributed by atoms with Crippen LogP contribution in [0.5, 0.6) is 5.75 Å². The number of hydrazine groups is 1. The molecule has 1 rings (SSSR count). The van der Waals surface area contributed by atoms with Crippen LogP contribution in [-0.4, -0.2) is 43.8 Å². The Hall–Kier alpha value is -1.15. The minimum atomic E-state index is -0.0556. The normalized spacial score (nSPS) is 12.6. The van der Waals surface area contributed by atoms with E-state index in [2.05, 4.69) is 10.5 Å². The minimum Gasteiger partial charge on any atom is -0.493 e. The van der Waals surface area contributed by atoms with E-state index in [0.717, 1.165) is 24.4 Å². The zero-order chi connectivity index (χ0) is 14.1. The van der Waals surface area contributed by atoms with Gasteiger partial charge in [-0.2, -0.15) is 5.10 Å². The molecule has 1 aromatic heterocycles. The van der Waals surface area contributed by atoms with E-state index in [-0.39, 0.29) is 6.04 Å². The van der Waals surface area contributed by atoms with Crippen LogP contribution < -0.4 is 16.0 Å². The van der Waals surface area contributed by atoms with Crippen LogP contribution in [0.15, 0.2) is 6.20 Å². The summed E-state index contributed by atoms with van der Waals surface area (Å²) in [6.07, 6.45) is 2.44. The van der Waals surface area contributed by atoms with Gasteiger partial charge in [0.2, 0.25) is 0 Å². The molecule has 19 heavy (non-hydrogen) atoms. The van der Waals surface area contributed by atoms with Crippen molar-refractivity contribution in [3.8, 4) is 5.75 Å². The van der Waals surface area contributed by atoms with E-state index in [1.807, 2.05) is 11.6 Å². The number of nitrogens with one attached hydrogen (secondary N) is 1. The van der Waals surface area contributed by atoms with Gasteiger partial charge in [0.05, 0.1) is 38.3 Å². The van der Waals surface area contributed by atoms with Gasteiger partial charge in [0.25, 0.3) is 0 Å². The Balaban J connectivity index is 2.60. The molecule has 0 bridgehead atoms. The van der Waals surface area contributed by atoms with E-state index in [9.17, 15) is 0 Å². The molecule has 3 N–H and O–H groups in total. The van der Waals surface area contributed by atoms with Crippen LogP contribution in [0.3, 0.4) is 0 Å². The second-order valence-corrected chi connectivity index (χ2v) is 4.03. The number of methoxy groups -OCH3 is 2. The number of hydrogen-bond donors (Lipinski definition) is 2. The third-order valence-corrected chi connectivity index (χ3v) is 2.88. The van der Waals surface area contributed by atoms with Gasteiger partial charge >= 0.3 is 0 Å². The van der Waals surface area contributed by atoms with Crippen molar-refractivity contribution in [3.63, 3.8) is 0 Å². The summed E-state index contributed by atoms with van der Waals surface area (Å²) < 4.78 is 17.6. The second-order valence-electron chi connectivity index (χ2n) is 4.03. The standard InChI is InChI=1S/C12H24N4O3/c1-4-16-12(11(18-3)9-14-16)10(15-13)5-6-19-8-7-17-2/h9-10,15H,4-8,13H2,1-3H3. The number of nitrogens with two attached hydrogens (primary N) is 1. The maximum atomic E-state index is 5.63. The number of rotatable bonds is 10. The fourth-order valence-corrected chi connectivity index (χ4v) is 1.88. The highest BCUT2D eigenvalue weighted by atomic mass is 16.5. The van der Waals surface area contributed by atoms with E-state index >= 15 is 0 Å². The van der Waals surface area contributed by atoms with Crippen LogP contribution in [-0.2, 0) is 16.0 Å². The number of ether oxygens (including phenoxy) is 3. The van der Waals surface area contributed by atoms with Crippen LogP contribution >= 0.6 is 0 Å². The van der Waals surface area contributed by atoms with E-state index in [1.54, 1.807) is 20.4 Å². The monoisotopic (exact) mass is 272 g/mol. The lowest BCUT2D eigenvalue weighted by atomic mass is 10.1. The topological polar surface area (TPSA) is 83.6 Å². The molecule has 0 aliphatic carbocycles. The summed E-state index contributed by atoms with van der Waals surface area (Å²) in [5.41, 5.74) is 3.74. The Labute approximate surface area is 114 Å². The lowest BCUT2D eigenvalue weighted by Gasteiger charge is -2.18. The molecule has 0 aliphatic rings. The van der Waals surface area contributed by atoms with Crippen LogP contribution in [0.1, 0.15) is 25.1 Å². The number of nitrogens with zero attached hydrogens (tertiary/aromatic N) is 2. The van der Waals surface area contributed by atoms with Gasteiger partial charge in [0.1, 0.15) is 0 Å². The van der Waals surface area contributed by atoms with Gasteiger partial charge in [-0.1, -0.05) is 0 Å². The molecule has 0 saturated carbocycles. The zero-order valence-corrected chi connectivity index (χ0v) is 11.9. The molecule has 110 valence electrons. The summed E-state index contributed by atoms with van der Waals surface area (Å²) in [5, 5.41) is 4.27. The van der Waals surface area contributed by atoms with Gasteiger partial charge in [0.15, 0.2) is 5.75 Å². The molecule has 0 spiro atoms. The third-order valence-electron chi connectivity index (χ3n) is 2.88. The summed E-state index contributed by atoms with van der Waals surface area (Å²) in [7, 11) is 3.28. The highest BCUT2D eigenvalue weighted by Gasteiger charge is 2.20. The molecule has 7 heteroatoms. The predicted molar refractivity (Wildman–Crippen MR) is 71.8 cm³/mol. The molecule has 1 atom stereocenters. The number of aryl methyl sites for hydroxylation is 1. The van der Waals surface area contributed by atoms with Gasteiger partial charge < -0.3 is 14.2 Å². The highest BCUT2D eigenvalue weighted by Crippen LogP contribution is 2.26. The zero-order valence-electron chi connectivity index (χ0n) is 11.9. The average molecular weight is 272 g/mol. The van der Waals surface area contributed by atoms with E-state index in [1.165, 1.54) is 0 Å². The first-order valence-corrected chi connectivity index (χ1v) is 6.40. The molecule has 1 heterocycles. The maximum absolute atomic E-state index is 5.63. The van der Waals surface area contributed by atoms with Gasteiger partial charge in [-0.25, -0.2) is 0 Å². The van der Waals surface area contributed by atoms with Gasteiger partial charge in [-0.3, -0.25) is 16.0 Å². The molecule has 0 fully saturated rings. The van der Waals surface area contributed by atoms with E-state index in [4.69, 9.17) is 20.1 Å². The molecule has 7 nitrogen and oxygen atoms in total. The second kappa shape index (κ2) is 8.87. The Bertz CT molecular complexity index is 335. The predicted octanol–water partition coefficient (Wildman–Crippen LogP) is 0.469. The minimum absolute atomic E-state index is 0.0556. The fraction of sp³-hybridized carbons (Fsp3) is 0.750. The SMILES string of the molecule is CCn1ncc(OC)c1C(CCOCCOC)NN. The van der Waals surface area contributed by atoms with Crippen LogP contribution in [0, 0.1) is 0 Å². The Kier molecular flexibility index (Phi) is 7.42. The van der Waals surface area contributed by atoms with E-state index in [0.29, 0.717) is 19.8 Å². The lowest BCUT2D eigenvalue weighted by molar-refractivity contribution is 0.0653. The molecule has 0 radical (unpaired) electrons. The van der Waals surface area contributed by atoms with Gasteiger partial charge in [-0.15, -0.1) is 0 Å². The third kappa shape index (κ3) is 4.46. The van der Waals surface area contributed by atoms with Crippen molar-refractivity contribution in [1.29, 1.82) is 0 Å². The maximum Gasteiger partial charge on any atom is 0.161 e. The largest absolute Gasteiger partial charge is 0.493 e. The lowest BCUT2D eigenvalue weighted by Crippen LogP contribution is -2.31. The van der Waals surface area contributed by atoms with Crippen molar-refractivity contribution in [1.82, 2.24) is 15.2 Å². The van der Waals surface area contributed by atoms with Crippen molar-refractivity contribution < 1.29 is 14.2 Å². The van der Waals surface area contributed by atoms with Crippen molar-refractivity contribution in [2.45, 2.75) is 25.9 Å². The summed E-state index contributed by atoms with van der Waals surface area (Å²) in [5.74, 6) is 6.36. The van der Waals surface area contributed by atoms with Gasteiger partial charge in [-0.05, 0) is 13.3 Å². The summed E-state index contributed by atoms with van der Waals surface area (Å²) in [6.45, 7) is 4.56. The Morgan fingerprint density at radius 3 is 2.74 bits per heavy atom. The first-order valence-electron chi connectivity index (χ1n) is 6.40. The summed E-state index contributed by atoms with van der Waals surface area (Å²) >= 11 is 0. The number of hydrogen-bond acceptors (Lipinski definition) is 6. The van der Waals surface area contributed by atoms with Crippen molar-refractivity contribution >= 4 is 0 Å². The summed E-state index contributed by atoms with van der Waals surface area (Å²) in [4.78, 5) is 0. The molecule has 1 unspecified atom stereocenters. The average Bonchev–Trinajstić information content (AvgIpc) is 2.85. The van der Waals surface area contributed by atoms with Gasteiger partial charge in [0, 0.05) is 20.3 Å². The van der Waals surface area contributed by atoms with Crippen LogP contribution in [0.2, 0.25) is 0 Å².